The first-order chi connectivity index (χ1) is 7.54. The van der Waals surface area contributed by atoms with Crippen LogP contribution in [-0.4, -0.2) is 57.4 Å². The van der Waals surface area contributed by atoms with Gasteiger partial charge in [0.2, 0.25) is 0 Å². The molecule has 0 bridgehead atoms. The molecule has 92 valence electrons. The molecule has 0 saturated carbocycles. The minimum absolute atomic E-state index is 0.262. The number of urea groups is 1. The number of nitrogens with one attached hydrogen (secondary N) is 1. The second kappa shape index (κ2) is 5.83. The van der Waals surface area contributed by atoms with Gasteiger partial charge in [-0.1, -0.05) is 6.92 Å². The lowest BCUT2D eigenvalue weighted by molar-refractivity contribution is -0.146. The summed E-state index contributed by atoms with van der Waals surface area (Å²) < 4.78 is 11.1. The molecule has 1 unspecified atom stereocenters. The molecule has 7 heteroatoms. The Labute approximate surface area is 96.5 Å². The Morgan fingerprint density at radius 1 is 1.50 bits per heavy atom. The van der Waals surface area contributed by atoms with Crippen molar-refractivity contribution in [3.05, 3.63) is 0 Å². The summed E-state index contributed by atoms with van der Waals surface area (Å²) >= 11 is 0. The predicted molar refractivity (Wildman–Crippen MR) is 59.6 cm³/mol. The van der Waals surface area contributed by atoms with Crippen molar-refractivity contribution in [2.75, 3.05) is 31.1 Å². The Balaban J connectivity index is 2.13. The number of hydrogen-bond donors (Lipinski definition) is 2. The van der Waals surface area contributed by atoms with E-state index in [-0.39, 0.29) is 19.1 Å². The van der Waals surface area contributed by atoms with E-state index < -0.39 is 22.7 Å². The van der Waals surface area contributed by atoms with Gasteiger partial charge in [-0.3, -0.25) is 9.00 Å². The number of nitrogens with zero attached hydrogens (tertiary/aromatic N) is 1. The molecule has 0 aliphatic carbocycles. The van der Waals surface area contributed by atoms with Gasteiger partial charge in [0, 0.05) is 41.9 Å². The van der Waals surface area contributed by atoms with Crippen molar-refractivity contribution in [3.63, 3.8) is 0 Å². The fourth-order valence-corrected chi connectivity index (χ4v) is 1.95. The first-order valence-corrected chi connectivity index (χ1v) is 6.64. The molecule has 1 heterocycles. The van der Waals surface area contributed by atoms with E-state index >= 15 is 0 Å². The summed E-state index contributed by atoms with van der Waals surface area (Å²) in [6, 6.07) is -0.273. The number of carbonyl (C=O) groups is 2. The highest BCUT2D eigenvalue weighted by molar-refractivity contribution is 7.84. The average molecular weight is 248 g/mol. The predicted octanol–water partition coefficient (Wildman–Crippen LogP) is -0.519. The van der Waals surface area contributed by atoms with Crippen LogP contribution in [0.15, 0.2) is 0 Å². The van der Waals surface area contributed by atoms with Gasteiger partial charge in [0.05, 0.1) is 5.92 Å². The lowest BCUT2D eigenvalue weighted by atomic mass is 10.0. The van der Waals surface area contributed by atoms with Crippen molar-refractivity contribution in [2.24, 2.45) is 5.92 Å². The van der Waals surface area contributed by atoms with Crippen LogP contribution in [0.2, 0.25) is 0 Å². The van der Waals surface area contributed by atoms with Crippen molar-refractivity contribution in [1.29, 1.82) is 0 Å². The molecule has 1 aliphatic rings. The number of carbonyl (C=O) groups excluding carboxylic acids is 1. The SMILES string of the molecule is CCS(=O)CCNC(=O)N1CC(C(=O)O)C1. The summed E-state index contributed by atoms with van der Waals surface area (Å²) in [7, 11) is -0.882. The van der Waals surface area contributed by atoms with E-state index in [2.05, 4.69) is 5.32 Å². The van der Waals surface area contributed by atoms with E-state index in [1.165, 1.54) is 4.90 Å². The molecule has 0 aromatic rings. The molecule has 0 aromatic carbocycles. The van der Waals surface area contributed by atoms with Gasteiger partial charge in [-0.15, -0.1) is 0 Å². The molecule has 16 heavy (non-hydrogen) atoms. The van der Waals surface area contributed by atoms with Crippen molar-refractivity contribution in [3.8, 4) is 0 Å². The first kappa shape index (κ1) is 13.0. The molecule has 6 nitrogen and oxygen atoms in total. The Kier molecular flexibility index (Phi) is 4.72. The zero-order valence-electron chi connectivity index (χ0n) is 9.14. The van der Waals surface area contributed by atoms with E-state index in [1.807, 2.05) is 6.92 Å². The molecule has 0 spiro atoms. The molecule has 0 radical (unpaired) electrons. The van der Waals surface area contributed by atoms with Crippen LogP contribution in [-0.2, 0) is 15.6 Å². The van der Waals surface area contributed by atoms with Crippen molar-refractivity contribution < 1.29 is 18.9 Å². The smallest absolute Gasteiger partial charge is 0.317 e. The Bertz CT molecular complexity index is 302. The summed E-state index contributed by atoms with van der Waals surface area (Å²) in [5, 5.41) is 11.2. The Morgan fingerprint density at radius 3 is 2.62 bits per heavy atom. The summed E-state index contributed by atoms with van der Waals surface area (Å²) in [5.41, 5.74) is 0. The zero-order valence-corrected chi connectivity index (χ0v) is 9.96. The fraction of sp³-hybridized carbons (Fsp3) is 0.778. The van der Waals surface area contributed by atoms with E-state index in [9.17, 15) is 13.8 Å². The van der Waals surface area contributed by atoms with E-state index in [4.69, 9.17) is 5.11 Å². The second-order valence-corrected chi connectivity index (χ2v) is 5.47. The van der Waals surface area contributed by atoms with Crippen molar-refractivity contribution in [1.82, 2.24) is 10.2 Å². The number of likely N-dealkylation sites (tertiary alicyclic amines) is 1. The first-order valence-electron chi connectivity index (χ1n) is 5.15. The second-order valence-electron chi connectivity index (χ2n) is 3.60. The third-order valence-electron chi connectivity index (χ3n) is 2.45. The van der Waals surface area contributed by atoms with Gasteiger partial charge < -0.3 is 15.3 Å². The molecule has 1 rings (SSSR count). The molecule has 1 atom stereocenters. The van der Waals surface area contributed by atoms with E-state index in [1.54, 1.807) is 0 Å². The van der Waals surface area contributed by atoms with Crippen molar-refractivity contribution >= 4 is 22.8 Å². The highest BCUT2D eigenvalue weighted by Crippen LogP contribution is 2.14. The lowest BCUT2D eigenvalue weighted by Crippen LogP contribution is -2.56. The van der Waals surface area contributed by atoms with Gasteiger partial charge in [0.1, 0.15) is 0 Å². The molecular weight excluding hydrogens is 232 g/mol. The number of hydrogen-bond acceptors (Lipinski definition) is 3. The Hall–Kier alpha value is -1.11. The van der Waals surface area contributed by atoms with Crippen LogP contribution in [0.25, 0.3) is 0 Å². The van der Waals surface area contributed by atoms with Gasteiger partial charge in [0.15, 0.2) is 0 Å². The number of carboxylic acids is 1. The molecule has 1 saturated heterocycles. The largest absolute Gasteiger partial charge is 0.481 e. The standard InChI is InChI=1S/C9H16N2O4S/c1-2-16(15)4-3-10-9(14)11-5-7(6-11)8(12)13/h7H,2-6H2,1H3,(H,10,14)(H,12,13). The molecule has 2 amide bonds. The van der Waals surface area contributed by atoms with Gasteiger partial charge in [0.25, 0.3) is 0 Å². The number of aliphatic carboxylic acids is 1. The maximum absolute atomic E-state index is 11.4. The van der Waals surface area contributed by atoms with Gasteiger partial charge in [-0.05, 0) is 0 Å². The minimum Gasteiger partial charge on any atom is -0.481 e. The molecule has 0 aromatic heterocycles. The quantitative estimate of drug-likeness (QED) is 0.685. The molecular formula is C9H16N2O4S. The van der Waals surface area contributed by atoms with E-state index in [0.29, 0.717) is 18.1 Å². The van der Waals surface area contributed by atoms with Gasteiger partial charge >= 0.3 is 12.0 Å². The van der Waals surface area contributed by atoms with Gasteiger partial charge in [-0.25, -0.2) is 4.79 Å². The van der Waals surface area contributed by atoms with Crippen LogP contribution in [0, 0.1) is 5.92 Å². The Morgan fingerprint density at radius 2 is 2.12 bits per heavy atom. The highest BCUT2D eigenvalue weighted by atomic mass is 32.2. The van der Waals surface area contributed by atoms with E-state index in [0.717, 1.165) is 0 Å². The van der Waals surface area contributed by atoms with Crippen molar-refractivity contribution in [2.45, 2.75) is 6.92 Å². The average Bonchev–Trinajstić information content (AvgIpc) is 2.14. The monoisotopic (exact) mass is 248 g/mol. The normalized spacial score (nSPS) is 17.7. The van der Waals surface area contributed by atoms with Crippen LogP contribution in [0.1, 0.15) is 6.92 Å². The topological polar surface area (TPSA) is 86.7 Å². The van der Waals surface area contributed by atoms with Crippen LogP contribution in [0.3, 0.4) is 0 Å². The summed E-state index contributed by atoms with van der Waals surface area (Å²) in [5.74, 6) is -0.272. The third-order valence-corrected chi connectivity index (χ3v) is 3.75. The fourth-order valence-electron chi connectivity index (χ4n) is 1.33. The summed E-state index contributed by atoms with van der Waals surface area (Å²) in [6.07, 6.45) is 0. The third kappa shape index (κ3) is 3.48. The summed E-state index contributed by atoms with van der Waals surface area (Å²) in [4.78, 5) is 23.3. The molecule has 1 aliphatic heterocycles. The lowest BCUT2D eigenvalue weighted by Gasteiger charge is -2.36. The number of carboxylic acid groups (broad SMARTS) is 1. The maximum atomic E-state index is 11.4. The maximum Gasteiger partial charge on any atom is 0.317 e. The highest BCUT2D eigenvalue weighted by Gasteiger charge is 2.35. The van der Waals surface area contributed by atoms with Crippen LogP contribution in [0.4, 0.5) is 4.79 Å². The minimum atomic E-state index is -0.882. The molecule has 2 N–H and O–H groups in total. The summed E-state index contributed by atoms with van der Waals surface area (Å²) in [6.45, 7) is 2.72. The zero-order chi connectivity index (χ0) is 12.1. The van der Waals surface area contributed by atoms with Crippen LogP contribution < -0.4 is 5.32 Å². The van der Waals surface area contributed by atoms with Crippen LogP contribution >= 0.6 is 0 Å². The van der Waals surface area contributed by atoms with Crippen LogP contribution in [0.5, 0.6) is 0 Å². The number of rotatable bonds is 5. The van der Waals surface area contributed by atoms with Gasteiger partial charge in [-0.2, -0.15) is 0 Å². The number of amides is 2. The molecule has 1 fully saturated rings.